The molecule has 0 saturated heterocycles. The van der Waals surface area contributed by atoms with Crippen LogP contribution >= 0.6 is 0 Å². The van der Waals surface area contributed by atoms with E-state index in [0.29, 0.717) is 5.56 Å². The van der Waals surface area contributed by atoms with Gasteiger partial charge in [-0.2, -0.15) is 0 Å². The molecule has 0 heterocycles. The molecule has 0 atom stereocenters. The maximum atomic E-state index is 12.2. The summed E-state index contributed by atoms with van der Waals surface area (Å²) >= 11 is 0. The SMILES string of the molecule is Cc1ccc(S(=O)(=O)NC2CC2)cc1C(=O)OCC(=O)NC(N)=O. The number of urea groups is 1. The third kappa shape index (κ3) is 4.77. The standard InChI is InChI=1S/C14H17N3O6S/c1-8-2-5-10(24(21,22)17-9-3-4-9)6-11(8)13(19)23-7-12(18)16-14(15)20/h2,5-6,9,17H,3-4,7H2,1H3,(H3,15,16,18,20). The molecule has 0 bridgehead atoms. The number of primary amides is 1. The van der Waals surface area contributed by atoms with E-state index in [1.165, 1.54) is 18.2 Å². The van der Waals surface area contributed by atoms with Crippen LogP contribution in [0.25, 0.3) is 0 Å². The average molecular weight is 355 g/mol. The molecule has 0 spiro atoms. The summed E-state index contributed by atoms with van der Waals surface area (Å²) in [5.74, 6) is -1.76. The van der Waals surface area contributed by atoms with Gasteiger partial charge in [-0.1, -0.05) is 6.07 Å². The van der Waals surface area contributed by atoms with Crippen molar-refractivity contribution in [1.29, 1.82) is 0 Å². The summed E-state index contributed by atoms with van der Waals surface area (Å²) in [6.07, 6.45) is 1.57. The Morgan fingerprint density at radius 3 is 2.54 bits per heavy atom. The molecule has 1 aliphatic carbocycles. The van der Waals surface area contributed by atoms with Crippen molar-refractivity contribution in [2.45, 2.75) is 30.7 Å². The van der Waals surface area contributed by atoms with Crippen molar-refractivity contribution in [1.82, 2.24) is 10.0 Å². The highest BCUT2D eigenvalue weighted by atomic mass is 32.2. The van der Waals surface area contributed by atoms with Crippen LogP contribution in [0.4, 0.5) is 4.79 Å². The van der Waals surface area contributed by atoms with E-state index in [4.69, 9.17) is 10.5 Å². The second-order valence-corrected chi connectivity index (χ2v) is 7.07. The molecule has 10 heteroatoms. The Morgan fingerprint density at radius 1 is 1.29 bits per heavy atom. The van der Waals surface area contributed by atoms with Crippen molar-refractivity contribution in [2.75, 3.05) is 6.61 Å². The molecule has 3 amide bonds. The topological polar surface area (TPSA) is 145 Å². The third-order valence-corrected chi connectivity index (χ3v) is 4.75. The van der Waals surface area contributed by atoms with E-state index in [1.54, 1.807) is 12.2 Å². The van der Waals surface area contributed by atoms with Crippen LogP contribution < -0.4 is 15.8 Å². The van der Waals surface area contributed by atoms with Crippen molar-refractivity contribution in [3.05, 3.63) is 29.3 Å². The Balaban J connectivity index is 2.11. The van der Waals surface area contributed by atoms with Gasteiger partial charge in [0.15, 0.2) is 6.61 Å². The number of imide groups is 1. The van der Waals surface area contributed by atoms with Gasteiger partial charge in [-0.25, -0.2) is 22.7 Å². The van der Waals surface area contributed by atoms with Crippen LogP contribution in [0.2, 0.25) is 0 Å². The highest BCUT2D eigenvalue weighted by Crippen LogP contribution is 2.23. The Hall–Kier alpha value is -2.46. The number of carbonyl (C=O) groups excluding carboxylic acids is 3. The third-order valence-electron chi connectivity index (χ3n) is 3.24. The minimum absolute atomic E-state index is 0.0144. The molecule has 1 aromatic carbocycles. The Morgan fingerprint density at radius 2 is 1.96 bits per heavy atom. The number of rotatable bonds is 6. The van der Waals surface area contributed by atoms with Gasteiger partial charge in [-0.3, -0.25) is 10.1 Å². The lowest BCUT2D eigenvalue weighted by atomic mass is 10.1. The van der Waals surface area contributed by atoms with Gasteiger partial charge in [0.25, 0.3) is 5.91 Å². The molecule has 0 aromatic heterocycles. The number of esters is 1. The number of nitrogens with one attached hydrogen (secondary N) is 2. The van der Waals surface area contributed by atoms with Crippen molar-refractivity contribution >= 4 is 27.9 Å². The second kappa shape index (κ2) is 6.97. The number of benzene rings is 1. The minimum atomic E-state index is -3.72. The fourth-order valence-electron chi connectivity index (χ4n) is 1.86. The van der Waals surface area contributed by atoms with E-state index in [-0.39, 0.29) is 16.5 Å². The molecule has 130 valence electrons. The summed E-state index contributed by atoms with van der Waals surface area (Å²) in [5, 5.41) is 1.75. The van der Waals surface area contributed by atoms with Gasteiger partial charge < -0.3 is 10.5 Å². The first-order valence-corrected chi connectivity index (χ1v) is 8.57. The fourth-order valence-corrected chi connectivity index (χ4v) is 3.19. The van der Waals surface area contributed by atoms with Crippen LogP contribution in [0, 0.1) is 6.92 Å². The number of hydrogen-bond donors (Lipinski definition) is 3. The van der Waals surface area contributed by atoms with Gasteiger partial charge in [0.05, 0.1) is 10.5 Å². The van der Waals surface area contributed by atoms with Crippen LogP contribution in [-0.2, 0) is 19.6 Å². The first-order chi connectivity index (χ1) is 11.2. The zero-order valence-electron chi connectivity index (χ0n) is 12.9. The van der Waals surface area contributed by atoms with E-state index in [2.05, 4.69) is 4.72 Å². The van der Waals surface area contributed by atoms with Crippen LogP contribution in [0.15, 0.2) is 23.1 Å². The first kappa shape index (κ1) is 17.9. The molecular weight excluding hydrogens is 338 g/mol. The largest absolute Gasteiger partial charge is 0.452 e. The number of aryl methyl sites for hydroxylation is 1. The number of sulfonamides is 1. The molecule has 1 aliphatic rings. The van der Waals surface area contributed by atoms with E-state index in [9.17, 15) is 22.8 Å². The van der Waals surface area contributed by atoms with Gasteiger partial charge >= 0.3 is 12.0 Å². The summed E-state index contributed by atoms with van der Waals surface area (Å²) in [4.78, 5) is 33.7. The highest BCUT2D eigenvalue weighted by Gasteiger charge is 2.28. The maximum Gasteiger partial charge on any atom is 0.338 e. The molecule has 1 saturated carbocycles. The zero-order valence-corrected chi connectivity index (χ0v) is 13.7. The Labute approximate surface area is 138 Å². The van der Waals surface area contributed by atoms with Crippen LogP contribution in [0.5, 0.6) is 0 Å². The van der Waals surface area contributed by atoms with E-state index in [0.717, 1.165) is 12.8 Å². The molecular formula is C14H17N3O6S. The predicted octanol–water partition coefficient (Wildman–Crippen LogP) is -0.213. The lowest BCUT2D eigenvalue weighted by Crippen LogP contribution is -2.37. The smallest absolute Gasteiger partial charge is 0.338 e. The molecule has 24 heavy (non-hydrogen) atoms. The number of carbonyl (C=O) groups is 3. The van der Waals surface area contributed by atoms with E-state index in [1.807, 2.05) is 0 Å². The van der Waals surface area contributed by atoms with Crippen LogP contribution in [-0.4, -0.2) is 39.0 Å². The van der Waals surface area contributed by atoms with Gasteiger partial charge in [-0.05, 0) is 37.5 Å². The molecule has 4 N–H and O–H groups in total. The molecule has 1 fully saturated rings. The second-order valence-electron chi connectivity index (χ2n) is 5.36. The maximum absolute atomic E-state index is 12.2. The number of ether oxygens (including phenoxy) is 1. The summed E-state index contributed by atoms with van der Waals surface area (Å²) < 4.78 is 31.6. The lowest BCUT2D eigenvalue weighted by Gasteiger charge is -2.10. The molecule has 0 radical (unpaired) electrons. The lowest BCUT2D eigenvalue weighted by molar-refractivity contribution is -0.123. The van der Waals surface area contributed by atoms with Gasteiger partial charge in [0, 0.05) is 6.04 Å². The molecule has 9 nitrogen and oxygen atoms in total. The monoisotopic (exact) mass is 355 g/mol. The summed E-state index contributed by atoms with van der Waals surface area (Å²) in [7, 11) is -3.72. The number of hydrogen-bond acceptors (Lipinski definition) is 6. The summed E-state index contributed by atoms with van der Waals surface area (Å²) in [5.41, 5.74) is 5.26. The Kier molecular flexibility index (Phi) is 5.20. The van der Waals surface area contributed by atoms with Crippen LogP contribution in [0.1, 0.15) is 28.8 Å². The minimum Gasteiger partial charge on any atom is -0.452 e. The number of amides is 3. The molecule has 0 unspecified atom stereocenters. The van der Waals surface area contributed by atoms with Crippen molar-refractivity contribution in [3.8, 4) is 0 Å². The predicted molar refractivity (Wildman–Crippen MR) is 82.5 cm³/mol. The van der Waals surface area contributed by atoms with E-state index >= 15 is 0 Å². The zero-order chi connectivity index (χ0) is 17.9. The molecule has 1 aromatic rings. The van der Waals surface area contributed by atoms with E-state index < -0.39 is 34.5 Å². The normalized spacial score (nSPS) is 14.0. The Bertz CT molecular complexity index is 786. The quantitative estimate of drug-likeness (QED) is 0.602. The van der Waals surface area contributed by atoms with Gasteiger partial charge in [-0.15, -0.1) is 0 Å². The van der Waals surface area contributed by atoms with Crippen molar-refractivity contribution in [3.63, 3.8) is 0 Å². The fraction of sp³-hybridized carbons (Fsp3) is 0.357. The number of nitrogens with two attached hydrogens (primary N) is 1. The summed E-state index contributed by atoms with van der Waals surface area (Å²) in [6.45, 7) is 0.892. The van der Waals surface area contributed by atoms with Crippen LogP contribution in [0.3, 0.4) is 0 Å². The van der Waals surface area contributed by atoms with Crippen molar-refractivity contribution < 1.29 is 27.5 Å². The first-order valence-electron chi connectivity index (χ1n) is 7.08. The highest BCUT2D eigenvalue weighted by molar-refractivity contribution is 7.89. The molecule has 2 rings (SSSR count). The molecule has 0 aliphatic heterocycles. The average Bonchev–Trinajstić information content (AvgIpc) is 3.27. The summed E-state index contributed by atoms with van der Waals surface area (Å²) in [6, 6.07) is 2.92. The van der Waals surface area contributed by atoms with Gasteiger partial charge in [0.2, 0.25) is 10.0 Å². The van der Waals surface area contributed by atoms with Gasteiger partial charge in [0.1, 0.15) is 0 Å². The van der Waals surface area contributed by atoms with Crippen molar-refractivity contribution in [2.24, 2.45) is 5.73 Å².